The Balaban J connectivity index is 1.79. The van der Waals surface area contributed by atoms with Crippen molar-refractivity contribution in [3.8, 4) is 0 Å². The van der Waals surface area contributed by atoms with Crippen LogP contribution in [0.3, 0.4) is 0 Å². The third-order valence-corrected chi connectivity index (χ3v) is 3.46. The molecule has 0 spiro atoms. The van der Waals surface area contributed by atoms with Gasteiger partial charge in [0.1, 0.15) is 0 Å². The zero-order chi connectivity index (χ0) is 17.7. The fourth-order valence-electron chi connectivity index (χ4n) is 2.10. The maximum Gasteiger partial charge on any atom is 0.257 e. The van der Waals surface area contributed by atoms with Crippen LogP contribution < -0.4 is 16.2 Å². The van der Waals surface area contributed by atoms with Gasteiger partial charge in [-0.3, -0.25) is 25.2 Å². The summed E-state index contributed by atoms with van der Waals surface area (Å²) in [6.07, 6.45) is 1.91. The van der Waals surface area contributed by atoms with Crippen LogP contribution in [0.2, 0.25) is 0 Å². The van der Waals surface area contributed by atoms with Crippen LogP contribution in [-0.2, 0) is 20.8 Å². The number of benzene rings is 1. The van der Waals surface area contributed by atoms with E-state index < -0.39 is 11.3 Å². The normalized spacial score (nSPS) is 11.1. The molecule has 0 unspecified atom stereocenters. The monoisotopic (exact) mass is 330 g/mol. The number of aromatic amines is 1. The van der Waals surface area contributed by atoms with Gasteiger partial charge in [-0.15, -0.1) is 0 Å². The van der Waals surface area contributed by atoms with Gasteiger partial charge in [-0.25, -0.2) is 0 Å². The SMILES string of the molecule is CC(C)(C)C(=O)NCC(=O)NNC(=O)Cc1c[nH]c2ccccc12. The third kappa shape index (κ3) is 4.58. The zero-order valence-electron chi connectivity index (χ0n) is 14.0. The summed E-state index contributed by atoms with van der Waals surface area (Å²) in [5.74, 6) is -1.06. The van der Waals surface area contributed by atoms with Crippen molar-refractivity contribution in [2.24, 2.45) is 5.41 Å². The minimum atomic E-state index is -0.571. The second-order valence-corrected chi connectivity index (χ2v) is 6.57. The Kier molecular flexibility index (Phi) is 5.23. The molecule has 7 nitrogen and oxygen atoms in total. The largest absolute Gasteiger partial charge is 0.361 e. The number of para-hydroxylation sites is 1. The van der Waals surface area contributed by atoms with E-state index in [0.717, 1.165) is 16.5 Å². The number of fused-ring (bicyclic) bond motifs is 1. The van der Waals surface area contributed by atoms with Gasteiger partial charge in [0, 0.05) is 22.5 Å². The molecule has 128 valence electrons. The Morgan fingerprint density at radius 3 is 2.42 bits per heavy atom. The number of carbonyl (C=O) groups is 3. The lowest BCUT2D eigenvalue weighted by Gasteiger charge is -2.17. The van der Waals surface area contributed by atoms with Gasteiger partial charge in [-0.1, -0.05) is 39.0 Å². The fraction of sp³-hybridized carbons (Fsp3) is 0.353. The molecule has 1 aromatic heterocycles. The zero-order valence-corrected chi connectivity index (χ0v) is 14.0. The van der Waals surface area contributed by atoms with E-state index in [4.69, 9.17) is 0 Å². The Morgan fingerprint density at radius 1 is 1.04 bits per heavy atom. The van der Waals surface area contributed by atoms with Crippen molar-refractivity contribution < 1.29 is 14.4 Å². The molecule has 0 saturated heterocycles. The van der Waals surface area contributed by atoms with Gasteiger partial charge >= 0.3 is 0 Å². The average molecular weight is 330 g/mol. The highest BCUT2D eigenvalue weighted by Crippen LogP contribution is 2.17. The number of rotatable bonds is 4. The Labute approximate surface area is 140 Å². The average Bonchev–Trinajstić information content (AvgIpc) is 2.93. The first kappa shape index (κ1) is 17.5. The number of H-pyrrole nitrogens is 1. The fourth-order valence-corrected chi connectivity index (χ4v) is 2.10. The highest BCUT2D eigenvalue weighted by Gasteiger charge is 2.21. The van der Waals surface area contributed by atoms with Crippen molar-refractivity contribution >= 4 is 28.6 Å². The number of hydrazine groups is 1. The molecule has 1 heterocycles. The van der Waals surface area contributed by atoms with Gasteiger partial charge in [0.2, 0.25) is 11.8 Å². The highest BCUT2D eigenvalue weighted by atomic mass is 16.2. The van der Waals surface area contributed by atoms with Crippen LogP contribution in [0.15, 0.2) is 30.5 Å². The molecular formula is C17H22N4O3. The third-order valence-electron chi connectivity index (χ3n) is 3.46. The maximum atomic E-state index is 11.9. The molecule has 2 aromatic rings. The maximum absolute atomic E-state index is 11.9. The Bertz CT molecular complexity index is 759. The van der Waals surface area contributed by atoms with Crippen molar-refractivity contribution in [2.75, 3.05) is 6.54 Å². The number of carbonyl (C=O) groups excluding carboxylic acids is 3. The van der Waals surface area contributed by atoms with E-state index in [2.05, 4.69) is 21.2 Å². The molecule has 0 saturated carbocycles. The first-order valence-corrected chi connectivity index (χ1v) is 7.68. The van der Waals surface area contributed by atoms with Crippen molar-refractivity contribution in [3.05, 3.63) is 36.0 Å². The lowest BCUT2D eigenvalue weighted by Crippen LogP contribution is -2.48. The summed E-state index contributed by atoms with van der Waals surface area (Å²) >= 11 is 0. The van der Waals surface area contributed by atoms with E-state index in [-0.39, 0.29) is 24.8 Å². The van der Waals surface area contributed by atoms with Crippen LogP contribution in [0, 0.1) is 5.41 Å². The second kappa shape index (κ2) is 7.16. The van der Waals surface area contributed by atoms with Gasteiger partial charge in [0.25, 0.3) is 5.91 Å². The van der Waals surface area contributed by atoms with E-state index in [9.17, 15) is 14.4 Å². The first-order valence-electron chi connectivity index (χ1n) is 7.68. The van der Waals surface area contributed by atoms with Crippen molar-refractivity contribution in [2.45, 2.75) is 27.2 Å². The Morgan fingerprint density at radius 2 is 1.71 bits per heavy atom. The minimum absolute atomic E-state index is 0.138. The molecule has 0 fully saturated rings. The summed E-state index contributed by atoms with van der Waals surface area (Å²) in [6.45, 7) is 5.07. The number of aromatic nitrogens is 1. The van der Waals surface area contributed by atoms with Crippen molar-refractivity contribution in [1.29, 1.82) is 0 Å². The van der Waals surface area contributed by atoms with Gasteiger partial charge in [0.15, 0.2) is 0 Å². The Hall–Kier alpha value is -2.83. The molecule has 0 bridgehead atoms. The quantitative estimate of drug-likeness (QED) is 0.629. The van der Waals surface area contributed by atoms with Crippen molar-refractivity contribution in [3.63, 3.8) is 0 Å². The number of nitrogens with one attached hydrogen (secondary N) is 4. The molecule has 7 heteroatoms. The van der Waals surface area contributed by atoms with Crippen molar-refractivity contribution in [1.82, 2.24) is 21.2 Å². The van der Waals surface area contributed by atoms with E-state index in [1.807, 2.05) is 24.3 Å². The van der Waals surface area contributed by atoms with Gasteiger partial charge in [-0.2, -0.15) is 0 Å². The second-order valence-electron chi connectivity index (χ2n) is 6.57. The van der Waals surface area contributed by atoms with Crippen LogP contribution in [0.25, 0.3) is 10.9 Å². The molecule has 2 rings (SSSR count). The van der Waals surface area contributed by atoms with Gasteiger partial charge in [0.05, 0.1) is 13.0 Å². The molecule has 4 N–H and O–H groups in total. The number of hydrogen-bond donors (Lipinski definition) is 4. The summed E-state index contributed by atoms with van der Waals surface area (Å²) in [6, 6.07) is 7.66. The summed E-state index contributed by atoms with van der Waals surface area (Å²) in [7, 11) is 0. The van der Waals surface area contributed by atoms with E-state index in [1.54, 1.807) is 27.0 Å². The van der Waals surface area contributed by atoms with Crippen LogP contribution in [0.1, 0.15) is 26.3 Å². The topological polar surface area (TPSA) is 103 Å². The highest BCUT2D eigenvalue weighted by molar-refractivity contribution is 5.91. The minimum Gasteiger partial charge on any atom is -0.361 e. The predicted octanol–water partition coefficient (Wildman–Crippen LogP) is 1.02. The molecular weight excluding hydrogens is 308 g/mol. The van der Waals surface area contributed by atoms with E-state index in [1.165, 1.54) is 0 Å². The lowest BCUT2D eigenvalue weighted by molar-refractivity contribution is -0.132. The first-order chi connectivity index (χ1) is 11.3. The lowest BCUT2D eigenvalue weighted by atomic mass is 9.96. The van der Waals surface area contributed by atoms with Gasteiger partial charge in [-0.05, 0) is 11.6 Å². The predicted molar refractivity (Wildman–Crippen MR) is 90.8 cm³/mol. The van der Waals surface area contributed by atoms with Crippen LogP contribution in [-0.4, -0.2) is 29.3 Å². The van der Waals surface area contributed by atoms with E-state index in [0.29, 0.717) is 0 Å². The summed E-state index contributed by atoms with van der Waals surface area (Å²) in [4.78, 5) is 38.3. The smallest absolute Gasteiger partial charge is 0.257 e. The number of amides is 3. The molecule has 0 aliphatic heterocycles. The molecule has 1 aromatic carbocycles. The molecule has 0 aliphatic rings. The molecule has 0 atom stereocenters. The molecule has 0 aliphatic carbocycles. The van der Waals surface area contributed by atoms with Crippen LogP contribution in [0.4, 0.5) is 0 Å². The summed E-state index contributed by atoms with van der Waals surface area (Å²) < 4.78 is 0. The molecule has 0 radical (unpaired) electrons. The number of hydrogen-bond acceptors (Lipinski definition) is 3. The standard InChI is InChI=1S/C17H22N4O3/c1-17(2,3)16(24)19-10-15(23)21-20-14(22)8-11-9-18-13-7-5-4-6-12(11)13/h4-7,9,18H,8,10H2,1-3H3,(H,19,24)(H,20,22)(H,21,23). The summed E-state index contributed by atoms with van der Waals surface area (Å²) in [5, 5.41) is 3.48. The van der Waals surface area contributed by atoms with Gasteiger partial charge < -0.3 is 10.3 Å². The van der Waals surface area contributed by atoms with Crippen LogP contribution >= 0.6 is 0 Å². The summed E-state index contributed by atoms with van der Waals surface area (Å²) in [5.41, 5.74) is 5.86. The molecule has 24 heavy (non-hydrogen) atoms. The molecule has 3 amide bonds. The van der Waals surface area contributed by atoms with E-state index >= 15 is 0 Å². The van der Waals surface area contributed by atoms with Crippen LogP contribution in [0.5, 0.6) is 0 Å².